The number of ether oxygens (including phenoxy) is 2. The fraction of sp³-hybridized carbons (Fsp3) is 0.250. The van der Waals surface area contributed by atoms with Crippen LogP contribution in [0.15, 0.2) is 42.6 Å². The molecule has 2 rings (SSSR count). The minimum atomic E-state index is -0.650. The first-order chi connectivity index (χ1) is 10.7. The van der Waals surface area contributed by atoms with Crippen LogP contribution in [-0.2, 0) is 16.1 Å². The van der Waals surface area contributed by atoms with Gasteiger partial charge in [0.05, 0.1) is 19.8 Å². The van der Waals surface area contributed by atoms with E-state index in [1.165, 1.54) is 18.3 Å². The van der Waals surface area contributed by atoms with Crippen LogP contribution >= 0.6 is 0 Å². The summed E-state index contributed by atoms with van der Waals surface area (Å²) in [7, 11) is 1.62. The van der Waals surface area contributed by atoms with Crippen LogP contribution < -0.4 is 5.32 Å². The molecule has 5 nitrogen and oxygen atoms in total. The summed E-state index contributed by atoms with van der Waals surface area (Å²) in [6.45, 7) is 1.53. The largest absolute Gasteiger partial charge is 0.382 e. The van der Waals surface area contributed by atoms with Crippen LogP contribution in [0.25, 0.3) is 0 Å². The van der Waals surface area contributed by atoms with Gasteiger partial charge in [-0.05, 0) is 29.8 Å². The molecule has 0 saturated carbocycles. The molecule has 116 valence electrons. The number of anilines is 1. The van der Waals surface area contributed by atoms with E-state index >= 15 is 0 Å². The summed E-state index contributed by atoms with van der Waals surface area (Å²) in [6.07, 6.45) is 1.37. The van der Waals surface area contributed by atoms with Crippen molar-refractivity contribution in [3.05, 3.63) is 59.7 Å². The molecule has 22 heavy (non-hydrogen) atoms. The lowest BCUT2D eigenvalue weighted by atomic mass is 10.2. The molecule has 0 radical (unpaired) electrons. The lowest BCUT2D eigenvalue weighted by molar-refractivity contribution is 0.0617. The quantitative estimate of drug-likeness (QED) is 0.799. The van der Waals surface area contributed by atoms with Gasteiger partial charge in [-0.15, -0.1) is 0 Å². The number of aromatic nitrogens is 1. The summed E-state index contributed by atoms with van der Waals surface area (Å²) in [5, 5.41) is 2.60. The van der Waals surface area contributed by atoms with Gasteiger partial charge in [-0.1, -0.05) is 12.1 Å². The van der Waals surface area contributed by atoms with Crippen molar-refractivity contribution in [3.63, 3.8) is 0 Å². The van der Waals surface area contributed by atoms with Crippen LogP contribution in [0.4, 0.5) is 10.1 Å². The van der Waals surface area contributed by atoms with Gasteiger partial charge in [-0.2, -0.15) is 0 Å². The third-order valence-corrected chi connectivity index (χ3v) is 2.89. The Morgan fingerprint density at radius 1 is 1.23 bits per heavy atom. The van der Waals surface area contributed by atoms with Crippen LogP contribution in [-0.4, -0.2) is 31.2 Å². The SMILES string of the molecule is COCCOCc1ccc(NC(=O)c2ncccc2F)cc1. The number of hydrogen-bond donors (Lipinski definition) is 1. The normalized spacial score (nSPS) is 10.5. The van der Waals surface area contributed by atoms with Gasteiger partial charge >= 0.3 is 0 Å². The van der Waals surface area contributed by atoms with E-state index in [9.17, 15) is 9.18 Å². The number of methoxy groups -OCH3 is 1. The second-order valence-electron chi connectivity index (χ2n) is 4.53. The van der Waals surface area contributed by atoms with Crippen LogP contribution in [0.5, 0.6) is 0 Å². The van der Waals surface area contributed by atoms with E-state index in [0.717, 1.165) is 5.56 Å². The number of amides is 1. The predicted octanol–water partition coefficient (Wildman–Crippen LogP) is 2.64. The number of pyridine rings is 1. The predicted molar refractivity (Wildman–Crippen MR) is 80.1 cm³/mol. The van der Waals surface area contributed by atoms with Crippen molar-refractivity contribution < 1.29 is 18.7 Å². The highest BCUT2D eigenvalue weighted by molar-refractivity contribution is 6.02. The van der Waals surface area contributed by atoms with Crippen molar-refractivity contribution in [1.29, 1.82) is 0 Å². The molecule has 1 amide bonds. The lowest BCUT2D eigenvalue weighted by Crippen LogP contribution is -2.15. The molecule has 1 N–H and O–H groups in total. The zero-order valence-electron chi connectivity index (χ0n) is 12.2. The van der Waals surface area contributed by atoms with Gasteiger partial charge in [-0.3, -0.25) is 4.79 Å². The average Bonchev–Trinajstić information content (AvgIpc) is 2.53. The van der Waals surface area contributed by atoms with E-state index in [-0.39, 0.29) is 5.69 Å². The van der Waals surface area contributed by atoms with E-state index in [1.54, 1.807) is 19.2 Å². The number of hydrogen-bond acceptors (Lipinski definition) is 4. The highest BCUT2D eigenvalue weighted by Crippen LogP contribution is 2.12. The Morgan fingerprint density at radius 2 is 2.00 bits per heavy atom. The van der Waals surface area contributed by atoms with Crippen LogP contribution in [0.1, 0.15) is 16.1 Å². The number of benzene rings is 1. The molecule has 0 atom stereocenters. The Hall–Kier alpha value is -2.31. The van der Waals surface area contributed by atoms with Crippen molar-refractivity contribution >= 4 is 11.6 Å². The van der Waals surface area contributed by atoms with Gasteiger partial charge in [0.1, 0.15) is 0 Å². The van der Waals surface area contributed by atoms with Gasteiger partial charge in [0.2, 0.25) is 0 Å². The molecule has 1 heterocycles. The van der Waals surface area contributed by atoms with Crippen LogP contribution in [0.2, 0.25) is 0 Å². The van der Waals surface area contributed by atoms with Crippen LogP contribution in [0, 0.1) is 5.82 Å². The molecule has 0 bridgehead atoms. The summed E-state index contributed by atoms with van der Waals surface area (Å²) in [5.41, 5.74) is 1.31. The smallest absolute Gasteiger partial charge is 0.277 e. The van der Waals surface area contributed by atoms with Crippen molar-refractivity contribution in [1.82, 2.24) is 4.98 Å². The second kappa shape index (κ2) is 8.21. The second-order valence-corrected chi connectivity index (χ2v) is 4.53. The fourth-order valence-corrected chi connectivity index (χ4v) is 1.76. The number of carbonyl (C=O) groups excluding carboxylic acids is 1. The molecule has 1 aromatic carbocycles. The minimum absolute atomic E-state index is 0.227. The molecular weight excluding hydrogens is 287 g/mol. The minimum Gasteiger partial charge on any atom is -0.382 e. The molecule has 2 aromatic rings. The van der Waals surface area contributed by atoms with Gasteiger partial charge < -0.3 is 14.8 Å². The van der Waals surface area contributed by atoms with Crippen LogP contribution in [0.3, 0.4) is 0 Å². The number of halogens is 1. The summed E-state index contributed by atoms with van der Waals surface area (Å²) in [4.78, 5) is 15.6. The maximum absolute atomic E-state index is 13.5. The van der Waals surface area contributed by atoms with Crippen molar-refractivity contribution in [2.75, 3.05) is 25.6 Å². The molecule has 0 aliphatic rings. The summed E-state index contributed by atoms with van der Waals surface area (Å²) in [5.74, 6) is -1.23. The molecule has 0 unspecified atom stereocenters. The van der Waals surface area contributed by atoms with Gasteiger partial charge in [-0.25, -0.2) is 9.37 Å². The van der Waals surface area contributed by atoms with E-state index in [0.29, 0.717) is 25.5 Å². The number of carbonyl (C=O) groups is 1. The molecule has 0 spiro atoms. The zero-order valence-corrected chi connectivity index (χ0v) is 12.2. The summed E-state index contributed by atoms with van der Waals surface area (Å²) < 4.78 is 23.7. The third kappa shape index (κ3) is 4.61. The molecule has 0 aliphatic heterocycles. The van der Waals surface area contributed by atoms with Crippen molar-refractivity contribution in [2.45, 2.75) is 6.61 Å². The Morgan fingerprint density at radius 3 is 2.68 bits per heavy atom. The average molecular weight is 304 g/mol. The van der Waals surface area contributed by atoms with E-state index in [4.69, 9.17) is 9.47 Å². The maximum atomic E-state index is 13.5. The van der Waals surface area contributed by atoms with E-state index in [2.05, 4.69) is 10.3 Å². The van der Waals surface area contributed by atoms with Gasteiger partial charge in [0.15, 0.2) is 11.5 Å². The Kier molecular flexibility index (Phi) is 6.00. The molecule has 0 saturated heterocycles. The monoisotopic (exact) mass is 304 g/mol. The first-order valence-corrected chi connectivity index (χ1v) is 6.78. The highest BCUT2D eigenvalue weighted by Gasteiger charge is 2.12. The molecule has 6 heteroatoms. The number of nitrogens with zero attached hydrogens (tertiary/aromatic N) is 1. The molecule has 1 aromatic heterocycles. The standard InChI is InChI=1S/C16H17FN2O3/c1-21-9-10-22-11-12-4-6-13(7-5-12)19-16(20)15-14(17)3-2-8-18-15/h2-8H,9-11H2,1H3,(H,19,20). The number of rotatable bonds is 7. The van der Waals surface area contributed by atoms with E-state index < -0.39 is 11.7 Å². The topological polar surface area (TPSA) is 60.5 Å². The molecular formula is C16H17FN2O3. The first-order valence-electron chi connectivity index (χ1n) is 6.78. The van der Waals surface area contributed by atoms with Gasteiger partial charge in [0.25, 0.3) is 5.91 Å². The fourth-order valence-electron chi connectivity index (χ4n) is 1.76. The Labute approximate surface area is 128 Å². The first kappa shape index (κ1) is 16.1. The zero-order chi connectivity index (χ0) is 15.8. The lowest BCUT2D eigenvalue weighted by Gasteiger charge is -2.07. The maximum Gasteiger partial charge on any atom is 0.277 e. The van der Waals surface area contributed by atoms with Gasteiger partial charge in [0, 0.05) is 19.0 Å². The van der Waals surface area contributed by atoms with Crippen molar-refractivity contribution in [2.24, 2.45) is 0 Å². The van der Waals surface area contributed by atoms with E-state index in [1.807, 2.05) is 12.1 Å². The molecule has 0 aliphatic carbocycles. The van der Waals surface area contributed by atoms with Crippen molar-refractivity contribution in [3.8, 4) is 0 Å². The summed E-state index contributed by atoms with van der Waals surface area (Å²) in [6, 6.07) is 9.75. The Bertz CT molecular complexity index is 617. The summed E-state index contributed by atoms with van der Waals surface area (Å²) >= 11 is 0. The third-order valence-electron chi connectivity index (χ3n) is 2.89. The highest BCUT2D eigenvalue weighted by atomic mass is 19.1. The Balaban J connectivity index is 1.91. The molecule has 0 fully saturated rings. The number of nitrogens with one attached hydrogen (secondary N) is 1.